The number of hydrogen-bond donors (Lipinski definition) is 2. The molecule has 0 aromatic carbocycles. The van der Waals surface area contributed by atoms with Gasteiger partial charge in [0.2, 0.25) is 0 Å². The number of hydrogen-bond acceptors (Lipinski definition) is 4. The van der Waals surface area contributed by atoms with Crippen LogP contribution in [-0.4, -0.2) is 18.9 Å². The molecule has 1 unspecified atom stereocenters. The molecule has 0 radical (unpaired) electrons. The maximum absolute atomic E-state index is 11.9. The van der Waals surface area contributed by atoms with Crippen molar-refractivity contribution in [2.45, 2.75) is 13.3 Å². The lowest BCUT2D eigenvalue weighted by Crippen LogP contribution is -2.16. The van der Waals surface area contributed by atoms with Gasteiger partial charge in [-0.15, -0.1) is 11.3 Å². The fourth-order valence-corrected chi connectivity index (χ4v) is 2.66. The Balaban J connectivity index is 2.18. The Labute approximate surface area is 87.3 Å². The van der Waals surface area contributed by atoms with Gasteiger partial charge in [0.05, 0.1) is 4.88 Å². The molecule has 1 saturated heterocycles. The van der Waals surface area contributed by atoms with Crippen LogP contribution < -0.4 is 11.1 Å². The molecule has 1 atom stereocenters. The van der Waals surface area contributed by atoms with Crippen LogP contribution in [0.25, 0.3) is 0 Å². The number of thiophene rings is 1. The molecule has 1 aliphatic rings. The topological polar surface area (TPSA) is 55.1 Å². The molecule has 1 aromatic rings. The van der Waals surface area contributed by atoms with Crippen LogP contribution in [0.3, 0.4) is 0 Å². The minimum absolute atomic E-state index is 0.160. The van der Waals surface area contributed by atoms with Gasteiger partial charge < -0.3 is 11.1 Å². The molecule has 2 rings (SSSR count). The van der Waals surface area contributed by atoms with Crippen LogP contribution in [0.5, 0.6) is 0 Å². The molecule has 0 saturated carbocycles. The standard InChI is InChI=1S/C10H14N2OS/c1-6-8(11)4-9(14-6)10(13)7-2-3-12-5-7/h4,7,12H,2-3,5,11H2,1H3. The Bertz CT molecular complexity index is 334. The van der Waals surface area contributed by atoms with Crippen molar-refractivity contribution < 1.29 is 4.79 Å². The van der Waals surface area contributed by atoms with E-state index in [1.54, 1.807) is 6.07 Å². The lowest BCUT2D eigenvalue weighted by Gasteiger charge is -2.03. The first kappa shape index (κ1) is 9.68. The Morgan fingerprint density at radius 1 is 1.71 bits per heavy atom. The predicted molar refractivity (Wildman–Crippen MR) is 58.8 cm³/mol. The Morgan fingerprint density at radius 2 is 2.50 bits per heavy atom. The SMILES string of the molecule is Cc1sc(C(=O)C2CCNC2)cc1N. The molecular weight excluding hydrogens is 196 g/mol. The highest BCUT2D eigenvalue weighted by atomic mass is 32.1. The van der Waals surface area contributed by atoms with Crippen molar-refractivity contribution in [2.24, 2.45) is 5.92 Å². The van der Waals surface area contributed by atoms with Gasteiger partial charge in [-0.2, -0.15) is 0 Å². The first-order valence-electron chi connectivity index (χ1n) is 4.79. The second-order valence-corrected chi connectivity index (χ2v) is 4.93. The molecule has 1 aromatic heterocycles. The van der Waals surface area contributed by atoms with Crippen molar-refractivity contribution in [1.29, 1.82) is 0 Å². The first-order chi connectivity index (χ1) is 6.68. The number of nitrogen functional groups attached to an aromatic ring is 1. The lowest BCUT2D eigenvalue weighted by molar-refractivity contribution is 0.0934. The van der Waals surface area contributed by atoms with Gasteiger partial charge in [-0.1, -0.05) is 0 Å². The average molecular weight is 210 g/mol. The minimum atomic E-state index is 0.160. The van der Waals surface area contributed by atoms with Crippen molar-refractivity contribution in [1.82, 2.24) is 5.32 Å². The van der Waals surface area contributed by atoms with Gasteiger partial charge in [0.15, 0.2) is 5.78 Å². The van der Waals surface area contributed by atoms with E-state index in [0.717, 1.165) is 35.0 Å². The summed E-state index contributed by atoms with van der Waals surface area (Å²) in [4.78, 5) is 13.8. The van der Waals surface area contributed by atoms with Crippen molar-refractivity contribution in [3.8, 4) is 0 Å². The summed E-state index contributed by atoms with van der Waals surface area (Å²) in [5, 5.41) is 3.20. The third-order valence-corrected chi connectivity index (χ3v) is 3.71. The maximum Gasteiger partial charge on any atom is 0.177 e. The summed E-state index contributed by atoms with van der Waals surface area (Å²) in [6, 6.07) is 1.81. The number of nitrogens with two attached hydrogens (primary N) is 1. The normalized spacial score (nSPS) is 21.4. The van der Waals surface area contributed by atoms with E-state index in [0.29, 0.717) is 0 Å². The van der Waals surface area contributed by atoms with Crippen LogP contribution in [0.1, 0.15) is 21.0 Å². The van der Waals surface area contributed by atoms with E-state index in [2.05, 4.69) is 5.32 Å². The molecule has 3 N–H and O–H groups in total. The Hall–Kier alpha value is -0.870. The zero-order chi connectivity index (χ0) is 10.1. The van der Waals surface area contributed by atoms with Gasteiger partial charge in [-0.05, 0) is 26.0 Å². The molecule has 1 aliphatic heterocycles. The van der Waals surface area contributed by atoms with E-state index >= 15 is 0 Å². The molecule has 1 fully saturated rings. The highest BCUT2D eigenvalue weighted by Gasteiger charge is 2.24. The van der Waals surface area contributed by atoms with Gasteiger partial charge >= 0.3 is 0 Å². The second kappa shape index (κ2) is 3.71. The maximum atomic E-state index is 11.9. The molecule has 0 bridgehead atoms. The van der Waals surface area contributed by atoms with Crippen LogP contribution in [0, 0.1) is 12.8 Å². The highest BCUT2D eigenvalue weighted by molar-refractivity contribution is 7.14. The van der Waals surface area contributed by atoms with Gasteiger partial charge in [0.1, 0.15) is 0 Å². The fraction of sp³-hybridized carbons (Fsp3) is 0.500. The van der Waals surface area contributed by atoms with Gasteiger partial charge in [0.25, 0.3) is 0 Å². The summed E-state index contributed by atoms with van der Waals surface area (Å²) >= 11 is 1.51. The molecule has 3 nitrogen and oxygen atoms in total. The molecule has 2 heterocycles. The zero-order valence-corrected chi connectivity index (χ0v) is 8.99. The van der Waals surface area contributed by atoms with E-state index in [4.69, 9.17) is 5.73 Å². The molecular formula is C10H14N2OS. The summed E-state index contributed by atoms with van der Waals surface area (Å²) in [5.74, 6) is 0.409. The van der Waals surface area contributed by atoms with Crippen LogP contribution >= 0.6 is 11.3 Å². The fourth-order valence-electron chi connectivity index (χ4n) is 1.70. The summed E-state index contributed by atoms with van der Waals surface area (Å²) in [6.07, 6.45) is 0.954. The van der Waals surface area contributed by atoms with E-state index in [9.17, 15) is 4.79 Å². The highest BCUT2D eigenvalue weighted by Crippen LogP contribution is 2.27. The van der Waals surface area contributed by atoms with Crippen LogP contribution in [0.4, 0.5) is 5.69 Å². The molecule has 0 spiro atoms. The number of ketones is 1. The second-order valence-electron chi connectivity index (χ2n) is 3.68. The molecule has 4 heteroatoms. The number of carbonyl (C=O) groups is 1. The van der Waals surface area contributed by atoms with Crippen LogP contribution in [-0.2, 0) is 0 Å². The van der Waals surface area contributed by atoms with Crippen molar-refractivity contribution in [2.75, 3.05) is 18.8 Å². The smallest absolute Gasteiger partial charge is 0.177 e. The van der Waals surface area contributed by atoms with E-state index in [1.165, 1.54) is 11.3 Å². The molecule has 0 aliphatic carbocycles. The van der Waals surface area contributed by atoms with Gasteiger partial charge in [-0.25, -0.2) is 0 Å². The van der Waals surface area contributed by atoms with Gasteiger partial charge in [0, 0.05) is 23.0 Å². The third kappa shape index (κ3) is 1.67. The van der Waals surface area contributed by atoms with Crippen LogP contribution in [0.15, 0.2) is 6.07 Å². The number of anilines is 1. The number of nitrogens with one attached hydrogen (secondary N) is 1. The Morgan fingerprint density at radius 3 is 3.00 bits per heavy atom. The van der Waals surface area contributed by atoms with Crippen molar-refractivity contribution in [3.05, 3.63) is 15.8 Å². The molecule has 76 valence electrons. The summed E-state index contributed by atoms with van der Waals surface area (Å²) in [7, 11) is 0. The zero-order valence-electron chi connectivity index (χ0n) is 8.17. The number of Topliss-reactive ketones (excluding diaryl/α,β-unsaturated/α-hetero) is 1. The number of carbonyl (C=O) groups excluding carboxylic acids is 1. The van der Waals surface area contributed by atoms with E-state index < -0.39 is 0 Å². The van der Waals surface area contributed by atoms with E-state index in [1.807, 2.05) is 6.92 Å². The monoisotopic (exact) mass is 210 g/mol. The number of aryl methyl sites for hydroxylation is 1. The van der Waals surface area contributed by atoms with Gasteiger partial charge in [-0.3, -0.25) is 4.79 Å². The molecule has 0 amide bonds. The van der Waals surface area contributed by atoms with E-state index in [-0.39, 0.29) is 11.7 Å². The quantitative estimate of drug-likeness (QED) is 0.726. The summed E-state index contributed by atoms with van der Waals surface area (Å²) < 4.78 is 0. The lowest BCUT2D eigenvalue weighted by atomic mass is 10.0. The summed E-state index contributed by atoms with van der Waals surface area (Å²) in [5.41, 5.74) is 6.46. The largest absolute Gasteiger partial charge is 0.398 e. The number of rotatable bonds is 2. The predicted octanol–water partition coefficient (Wildman–Crippen LogP) is 1.43. The van der Waals surface area contributed by atoms with Crippen molar-refractivity contribution >= 4 is 22.8 Å². The third-order valence-electron chi connectivity index (χ3n) is 2.63. The summed E-state index contributed by atoms with van der Waals surface area (Å²) in [6.45, 7) is 3.72. The average Bonchev–Trinajstić information content (AvgIpc) is 2.76. The molecule has 14 heavy (non-hydrogen) atoms. The Kier molecular flexibility index (Phi) is 2.56. The first-order valence-corrected chi connectivity index (χ1v) is 5.61. The van der Waals surface area contributed by atoms with Crippen LogP contribution in [0.2, 0.25) is 0 Å². The van der Waals surface area contributed by atoms with Crippen molar-refractivity contribution in [3.63, 3.8) is 0 Å². The minimum Gasteiger partial charge on any atom is -0.398 e.